The lowest BCUT2D eigenvalue weighted by Gasteiger charge is -2.14. The summed E-state index contributed by atoms with van der Waals surface area (Å²) in [4.78, 5) is 11.3. The fourth-order valence-corrected chi connectivity index (χ4v) is 1.63. The maximum Gasteiger partial charge on any atom is 0.508 e. The van der Waals surface area contributed by atoms with Crippen molar-refractivity contribution in [2.24, 2.45) is 5.92 Å². The first kappa shape index (κ1) is 16.3. The molecule has 0 amide bonds. The minimum Gasteiger partial charge on any atom is -0.434 e. The molecule has 0 aromatic carbocycles. The van der Waals surface area contributed by atoms with Crippen LogP contribution >= 0.6 is 0 Å². The Morgan fingerprint density at radius 1 is 1.00 bits per heavy atom. The van der Waals surface area contributed by atoms with Gasteiger partial charge >= 0.3 is 6.16 Å². The number of rotatable bonds is 10. The highest BCUT2D eigenvalue weighted by Gasteiger charge is 2.10. The van der Waals surface area contributed by atoms with Gasteiger partial charge in [0.2, 0.25) is 0 Å². The van der Waals surface area contributed by atoms with Gasteiger partial charge in [0.05, 0.1) is 13.2 Å². The SMILES string of the molecule is CCCCCOC(=O)OCC(CC)CCCC. The smallest absolute Gasteiger partial charge is 0.434 e. The fraction of sp³-hybridized carbons (Fsp3) is 0.929. The Morgan fingerprint density at radius 2 is 1.71 bits per heavy atom. The van der Waals surface area contributed by atoms with Crippen LogP contribution in [-0.2, 0) is 9.47 Å². The Morgan fingerprint density at radius 3 is 2.29 bits per heavy atom. The van der Waals surface area contributed by atoms with E-state index in [-0.39, 0.29) is 0 Å². The van der Waals surface area contributed by atoms with Crippen molar-refractivity contribution in [3.63, 3.8) is 0 Å². The Kier molecular flexibility index (Phi) is 11.2. The molecule has 0 spiro atoms. The first-order valence-corrected chi connectivity index (χ1v) is 7.04. The van der Waals surface area contributed by atoms with Gasteiger partial charge in [0, 0.05) is 0 Å². The van der Waals surface area contributed by atoms with Crippen molar-refractivity contribution in [3.8, 4) is 0 Å². The number of ether oxygens (including phenoxy) is 2. The first-order chi connectivity index (χ1) is 8.24. The zero-order chi connectivity index (χ0) is 12.9. The van der Waals surface area contributed by atoms with Crippen molar-refractivity contribution < 1.29 is 14.3 Å². The number of unbranched alkanes of at least 4 members (excludes halogenated alkanes) is 3. The van der Waals surface area contributed by atoms with Crippen molar-refractivity contribution >= 4 is 6.16 Å². The fourth-order valence-electron chi connectivity index (χ4n) is 1.63. The summed E-state index contributed by atoms with van der Waals surface area (Å²) in [6, 6.07) is 0. The topological polar surface area (TPSA) is 35.5 Å². The molecule has 1 atom stereocenters. The summed E-state index contributed by atoms with van der Waals surface area (Å²) in [5, 5.41) is 0. The predicted octanol–water partition coefficient (Wildman–Crippen LogP) is 4.55. The van der Waals surface area contributed by atoms with Crippen LogP contribution in [0.25, 0.3) is 0 Å². The minimum absolute atomic E-state index is 0.484. The van der Waals surface area contributed by atoms with E-state index in [0.29, 0.717) is 19.1 Å². The van der Waals surface area contributed by atoms with Crippen molar-refractivity contribution in [1.82, 2.24) is 0 Å². The summed E-state index contributed by atoms with van der Waals surface area (Å²) in [6.07, 6.45) is 7.24. The molecule has 0 saturated carbocycles. The highest BCUT2D eigenvalue weighted by molar-refractivity contribution is 5.59. The zero-order valence-corrected chi connectivity index (χ0v) is 11.7. The minimum atomic E-state index is -0.504. The second-order valence-corrected chi connectivity index (χ2v) is 4.53. The molecule has 102 valence electrons. The summed E-state index contributed by atoms with van der Waals surface area (Å²) in [5.74, 6) is 0.484. The van der Waals surface area contributed by atoms with Crippen LogP contribution in [0.5, 0.6) is 0 Å². The Labute approximate surface area is 106 Å². The zero-order valence-electron chi connectivity index (χ0n) is 11.7. The second kappa shape index (κ2) is 11.7. The van der Waals surface area contributed by atoms with Crippen LogP contribution in [0.1, 0.15) is 65.7 Å². The normalized spacial score (nSPS) is 12.2. The van der Waals surface area contributed by atoms with Gasteiger partial charge in [-0.1, -0.05) is 52.9 Å². The van der Waals surface area contributed by atoms with Gasteiger partial charge in [0.25, 0.3) is 0 Å². The van der Waals surface area contributed by atoms with Crippen LogP contribution in [0.15, 0.2) is 0 Å². The van der Waals surface area contributed by atoms with Crippen molar-refractivity contribution in [1.29, 1.82) is 0 Å². The molecular formula is C14H28O3. The molecule has 17 heavy (non-hydrogen) atoms. The maximum absolute atomic E-state index is 11.3. The first-order valence-electron chi connectivity index (χ1n) is 7.04. The van der Waals surface area contributed by atoms with Gasteiger partial charge in [0.1, 0.15) is 0 Å². The molecule has 3 heteroatoms. The molecule has 0 aliphatic rings. The van der Waals surface area contributed by atoms with Crippen molar-refractivity contribution in [2.45, 2.75) is 65.7 Å². The van der Waals surface area contributed by atoms with Crippen molar-refractivity contribution in [2.75, 3.05) is 13.2 Å². The average molecular weight is 244 g/mol. The molecule has 0 heterocycles. The Balaban J connectivity index is 3.52. The summed E-state index contributed by atoms with van der Waals surface area (Å²) >= 11 is 0. The van der Waals surface area contributed by atoms with Crippen LogP contribution in [0.4, 0.5) is 4.79 Å². The lowest BCUT2D eigenvalue weighted by molar-refractivity contribution is 0.0416. The molecule has 0 aromatic heterocycles. The number of carbonyl (C=O) groups excluding carboxylic acids is 1. The van der Waals surface area contributed by atoms with Crippen molar-refractivity contribution in [3.05, 3.63) is 0 Å². The van der Waals surface area contributed by atoms with E-state index in [0.717, 1.165) is 32.1 Å². The monoisotopic (exact) mass is 244 g/mol. The van der Waals surface area contributed by atoms with E-state index in [1.165, 1.54) is 12.8 Å². The lowest BCUT2D eigenvalue weighted by Crippen LogP contribution is -2.15. The van der Waals surface area contributed by atoms with Gasteiger partial charge in [-0.15, -0.1) is 0 Å². The van der Waals surface area contributed by atoms with Gasteiger partial charge in [-0.2, -0.15) is 0 Å². The predicted molar refractivity (Wildman–Crippen MR) is 70.1 cm³/mol. The molecular weight excluding hydrogens is 216 g/mol. The van der Waals surface area contributed by atoms with E-state index in [2.05, 4.69) is 20.8 Å². The lowest BCUT2D eigenvalue weighted by atomic mass is 10.0. The molecule has 3 nitrogen and oxygen atoms in total. The Hall–Kier alpha value is -0.730. The molecule has 0 radical (unpaired) electrons. The van der Waals surface area contributed by atoms with E-state index in [1.807, 2.05) is 0 Å². The van der Waals surface area contributed by atoms with Gasteiger partial charge in [-0.05, 0) is 18.8 Å². The summed E-state index contributed by atoms with van der Waals surface area (Å²) < 4.78 is 10.1. The van der Waals surface area contributed by atoms with Crippen LogP contribution in [0.3, 0.4) is 0 Å². The van der Waals surface area contributed by atoms with Gasteiger partial charge in [-0.25, -0.2) is 4.79 Å². The third kappa shape index (κ3) is 10.2. The largest absolute Gasteiger partial charge is 0.508 e. The quantitative estimate of drug-likeness (QED) is 0.418. The highest BCUT2D eigenvalue weighted by atomic mass is 16.7. The van der Waals surface area contributed by atoms with Crippen LogP contribution < -0.4 is 0 Å². The molecule has 0 N–H and O–H groups in total. The molecule has 0 fully saturated rings. The van der Waals surface area contributed by atoms with Gasteiger partial charge < -0.3 is 9.47 Å². The van der Waals surface area contributed by atoms with Crippen LogP contribution in [0, 0.1) is 5.92 Å². The molecule has 0 bridgehead atoms. The standard InChI is InChI=1S/C14H28O3/c1-4-7-9-11-16-14(15)17-12-13(6-3)10-8-5-2/h13H,4-12H2,1-3H3. The highest BCUT2D eigenvalue weighted by Crippen LogP contribution is 2.13. The van der Waals surface area contributed by atoms with Gasteiger partial charge in [0.15, 0.2) is 0 Å². The molecule has 0 rings (SSSR count). The van der Waals surface area contributed by atoms with E-state index in [4.69, 9.17) is 9.47 Å². The second-order valence-electron chi connectivity index (χ2n) is 4.53. The third-order valence-corrected chi connectivity index (χ3v) is 2.95. The number of hydrogen-bond donors (Lipinski definition) is 0. The molecule has 0 aliphatic heterocycles. The van der Waals surface area contributed by atoms with Crippen LogP contribution in [0.2, 0.25) is 0 Å². The number of hydrogen-bond acceptors (Lipinski definition) is 3. The van der Waals surface area contributed by atoms with E-state index in [9.17, 15) is 4.79 Å². The third-order valence-electron chi connectivity index (χ3n) is 2.95. The van der Waals surface area contributed by atoms with Gasteiger partial charge in [-0.3, -0.25) is 0 Å². The summed E-state index contributed by atoms with van der Waals surface area (Å²) in [6.45, 7) is 7.42. The number of carbonyl (C=O) groups is 1. The molecule has 1 unspecified atom stereocenters. The van der Waals surface area contributed by atoms with E-state index in [1.54, 1.807) is 0 Å². The maximum atomic E-state index is 11.3. The summed E-state index contributed by atoms with van der Waals surface area (Å²) in [7, 11) is 0. The molecule has 0 aliphatic carbocycles. The Bertz CT molecular complexity index is 180. The molecule has 0 saturated heterocycles. The van der Waals surface area contributed by atoms with E-state index < -0.39 is 6.16 Å². The average Bonchev–Trinajstić information content (AvgIpc) is 2.35. The van der Waals surface area contributed by atoms with E-state index >= 15 is 0 Å². The van der Waals surface area contributed by atoms with Crippen LogP contribution in [-0.4, -0.2) is 19.4 Å². The summed E-state index contributed by atoms with van der Waals surface area (Å²) in [5.41, 5.74) is 0. The molecule has 0 aromatic rings.